The molecule has 0 N–H and O–H groups in total. The van der Waals surface area contributed by atoms with Crippen molar-refractivity contribution in [2.24, 2.45) is 0 Å². The van der Waals surface area contributed by atoms with Gasteiger partial charge in [-0.3, -0.25) is 0 Å². The van der Waals surface area contributed by atoms with Crippen LogP contribution < -0.4 is 24.8 Å². The first kappa shape index (κ1) is 20.0. The summed E-state index contributed by atoms with van der Waals surface area (Å²) in [5, 5.41) is 0. The second-order valence-corrected chi connectivity index (χ2v) is 5.84. The van der Waals surface area contributed by atoms with Crippen LogP contribution in [0.2, 0.25) is 0 Å². The Hall–Kier alpha value is -0.0457. The Morgan fingerprint density at radius 2 is 1.80 bits per heavy atom. The molecule has 1 unspecified atom stereocenters. The molecule has 1 aliphatic carbocycles. The van der Waals surface area contributed by atoms with Gasteiger partial charge in [-0.05, 0) is 0 Å². The molecule has 0 bridgehead atoms. The van der Waals surface area contributed by atoms with Gasteiger partial charge < -0.3 is 24.8 Å². The molecule has 2 rings (SSSR count). The standard InChI is InChI=1S/C16H19O.2ClH.Ti/c1-13(2)17-16(12-14-8-6-7-9-14)15-10-4-3-5-11-15;;;/h3-6,8,10-11,13,16H,7,12H2,1-2H3;2*1H;/q;;;+2/p-2. The SMILES string of the molecule is CC(C)OC(CC1=[C]([Ti+2])CC=C1)c1ccccc1.[Cl-].[Cl-]. The molecule has 1 nitrogen and oxygen atoms in total. The van der Waals surface area contributed by atoms with Crippen LogP contribution in [0.25, 0.3) is 0 Å². The molecule has 0 saturated heterocycles. The number of hydrogen-bond acceptors (Lipinski definition) is 1. The molecule has 1 atom stereocenters. The van der Waals surface area contributed by atoms with Crippen LogP contribution >= 0.6 is 0 Å². The van der Waals surface area contributed by atoms with Crippen LogP contribution in [-0.4, -0.2) is 6.10 Å². The van der Waals surface area contributed by atoms with E-state index in [0.717, 1.165) is 12.8 Å². The van der Waals surface area contributed by atoms with Gasteiger partial charge in [0.05, 0.1) is 0 Å². The van der Waals surface area contributed by atoms with Crippen molar-refractivity contribution < 1.29 is 50.0 Å². The van der Waals surface area contributed by atoms with Crippen molar-refractivity contribution in [1.29, 1.82) is 0 Å². The summed E-state index contributed by atoms with van der Waals surface area (Å²) in [6.45, 7) is 4.20. The summed E-state index contributed by atoms with van der Waals surface area (Å²) in [6, 6.07) is 10.5. The van der Waals surface area contributed by atoms with E-state index in [1.165, 1.54) is 15.0 Å². The van der Waals surface area contributed by atoms with Crippen molar-refractivity contribution >= 4 is 0 Å². The molecule has 0 heterocycles. The van der Waals surface area contributed by atoms with Crippen molar-refractivity contribution in [2.45, 2.75) is 38.9 Å². The van der Waals surface area contributed by atoms with Crippen molar-refractivity contribution in [3.05, 3.63) is 57.5 Å². The first-order valence-corrected chi connectivity index (χ1v) is 7.25. The van der Waals surface area contributed by atoms with Crippen molar-refractivity contribution in [3.8, 4) is 0 Å². The summed E-state index contributed by atoms with van der Waals surface area (Å²) in [5.74, 6) is 0. The molecule has 0 spiro atoms. The Bertz CT molecular complexity index is 455. The average molecular weight is 346 g/mol. The molecule has 1 aromatic carbocycles. The Balaban J connectivity index is 0.00000180. The molecule has 0 saturated carbocycles. The second kappa shape index (κ2) is 9.81. The topological polar surface area (TPSA) is 9.23 Å². The summed E-state index contributed by atoms with van der Waals surface area (Å²) in [7, 11) is 0. The van der Waals surface area contributed by atoms with Crippen molar-refractivity contribution in [1.82, 2.24) is 0 Å². The molecular weight excluding hydrogens is 327 g/mol. The maximum absolute atomic E-state index is 6.08. The van der Waals surface area contributed by atoms with Gasteiger partial charge in [0.1, 0.15) is 0 Å². The van der Waals surface area contributed by atoms with E-state index in [-0.39, 0.29) is 37.0 Å². The molecule has 1 aromatic rings. The van der Waals surface area contributed by atoms with Crippen LogP contribution in [-0.2, 0) is 25.2 Å². The zero-order chi connectivity index (χ0) is 13.0. The minimum Gasteiger partial charge on any atom is -1.00 e. The van der Waals surface area contributed by atoms with Crippen LogP contribution in [0.3, 0.4) is 0 Å². The average Bonchev–Trinajstić information content (AvgIpc) is 2.75. The fraction of sp³-hybridized carbons (Fsp3) is 0.375. The minimum atomic E-state index is 0. The summed E-state index contributed by atoms with van der Waals surface area (Å²) in [6.07, 6.45) is 6.97. The first-order chi connectivity index (χ1) is 8.66. The zero-order valence-corrected chi connectivity index (χ0v) is 14.8. The fourth-order valence-corrected chi connectivity index (χ4v) is 2.66. The summed E-state index contributed by atoms with van der Waals surface area (Å²) in [4.78, 5) is 0. The van der Waals surface area contributed by atoms with Gasteiger partial charge in [-0.1, -0.05) is 0 Å². The molecule has 0 fully saturated rings. The minimum absolute atomic E-state index is 0. The van der Waals surface area contributed by atoms with Gasteiger partial charge in [0, 0.05) is 0 Å². The van der Waals surface area contributed by atoms with E-state index in [1.54, 1.807) is 0 Å². The van der Waals surface area contributed by atoms with Crippen molar-refractivity contribution in [2.75, 3.05) is 0 Å². The van der Waals surface area contributed by atoms with Gasteiger partial charge in [0.2, 0.25) is 0 Å². The molecule has 107 valence electrons. The van der Waals surface area contributed by atoms with E-state index in [0.29, 0.717) is 0 Å². The maximum Gasteiger partial charge on any atom is -1.00 e. The molecular formula is C16H19Cl2OTi. The zero-order valence-electron chi connectivity index (χ0n) is 11.8. The molecule has 0 aliphatic heterocycles. The molecule has 20 heavy (non-hydrogen) atoms. The number of benzene rings is 1. The van der Waals surface area contributed by atoms with Crippen LogP contribution in [0.5, 0.6) is 0 Å². The molecule has 0 aromatic heterocycles. The first-order valence-electron chi connectivity index (χ1n) is 6.47. The van der Waals surface area contributed by atoms with Gasteiger partial charge in [0.25, 0.3) is 0 Å². The third-order valence-electron chi connectivity index (χ3n) is 3.04. The second-order valence-electron chi connectivity index (χ2n) is 4.90. The van der Waals surface area contributed by atoms with Crippen LogP contribution in [0.15, 0.2) is 51.9 Å². The summed E-state index contributed by atoms with van der Waals surface area (Å²) in [5.41, 5.74) is 2.70. The Kier molecular flexibility index (Phi) is 9.79. The number of halogens is 2. The van der Waals surface area contributed by atoms with Gasteiger partial charge in [0.15, 0.2) is 0 Å². The largest absolute Gasteiger partial charge is 1.00 e. The Labute approximate surface area is 146 Å². The van der Waals surface area contributed by atoms with E-state index >= 15 is 0 Å². The Morgan fingerprint density at radius 3 is 2.30 bits per heavy atom. The van der Waals surface area contributed by atoms with E-state index in [9.17, 15) is 0 Å². The van der Waals surface area contributed by atoms with Crippen LogP contribution in [0, 0.1) is 0 Å². The predicted molar refractivity (Wildman–Crippen MR) is 70.8 cm³/mol. The summed E-state index contributed by atoms with van der Waals surface area (Å²) < 4.78 is 7.55. The normalized spacial score (nSPS) is 15.1. The van der Waals surface area contributed by atoms with Crippen LogP contribution in [0.1, 0.15) is 38.4 Å². The third kappa shape index (κ3) is 5.75. The smallest absolute Gasteiger partial charge is 1.00 e. The van der Waals surface area contributed by atoms with Gasteiger partial charge >= 0.3 is 122 Å². The number of hydrogen-bond donors (Lipinski definition) is 0. The van der Waals surface area contributed by atoms with E-state index < -0.39 is 0 Å². The summed E-state index contributed by atoms with van der Waals surface area (Å²) >= 11 is 2.22. The number of allylic oxidation sites excluding steroid dienone is 3. The predicted octanol–water partition coefficient (Wildman–Crippen LogP) is -1.69. The van der Waals surface area contributed by atoms with Crippen LogP contribution in [0.4, 0.5) is 0 Å². The number of ether oxygens (including phenoxy) is 1. The van der Waals surface area contributed by atoms with Gasteiger partial charge in [-0.15, -0.1) is 0 Å². The maximum atomic E-state index is 6.08. The van der Waals surface area contributed by atoms with E-state index in [2.05, 4.69) is 76.8 Å². The Morgan fingerprint density at radius 1 is 1.15 bits per heavy atom. The fourth-order valence-electron chi connectivity index (χ4n) is 2.18. The van der Waals surface area contributed by atoms with E-state index in [4.69, 9.17) is 4.74 Å². The molecule has 4 heteroatoms. The third-order valence-corrected chi connectivity index (χ3v) is 3.86. The molecule has 1 aliphatic rings. The van der Waals surface area contributed by atoms with Gasteiger partial charge in [-0.25, -0.2) is 0 Å². The quantitative estimate of drug-likeness (QED) is 0.579. The van der Waals surface area contributed by atoms with Gasteiger partial charge in [-0.2, -0.15) is 0 Å². The van der Waals surface area contributed by atoms with Crippen molar-refractivity contribution in [3.63, 3.8) is 0 Å². The monoisotopic (exact) mass is 345 g/mol. The molecule has 0 radical (unpaired) electrons. The number of rotatable bonds is 5. The van der Waals surface area contributed by atoms with E-state index in [1.807, 2.05) is 0 Å². The molecule has 0 amide bonds.